The van der Waals surface area contributed by atoms with Crippen molar-refractivity contribution in [3.05, 3.63) is 53.6 Å². The molecule has 0 radical (unpaired) electrons. The molecule has 2 amide bonds. The number of aryl methyl sites for hydroxylation is 2. The summed E-state index contributed by atoms with van der Waals surface area (Å²) in [6.07, 6.45) is 8.65. The second-order valence-electron chi connectivity index (χ2n) is 10.5. The molecule has 9 nitrogen and oxygen atoms in total. The van der Waals surface area contributed by atoms with Gasteiger partial charge in [0.1, 0.15) is 6.10 Å². The molecule has 2 atom stereocenters. The third kappa shape index (κ3) is 4.06. The molecule has 1 spiro atoms. The summed E-state index contributed by atoms with van der Waals surface area (Å²) < 4.78 is 8.27. The number of urea groups is 1. The van der Waals surface area contributed by atoms with E-state index in [1.807, 2.05) is 36.9 Å². The second-order valence-corrected chi connectivity index (χ2v) is 10.5. The number of anilines is 1. The zero-order valence-corrected chi connectivity index (χ0v) is 20.9. The summed E-state index contributed by atoms with van der Waals surface area (Å²) in [5.41, 5.74) is 11.0. The molecule has 3 N–H and O–H groups in total. The lowest BCUT2D eigenvalue weighted by Gasteiger charge is -2.30. The van der Waals surface area contributed by atoms with Gasteiger partial charge in [-0.25, -0.2) is 9.78 Å². The van der Waals surface area contributed by atoms with Gasteiger partial charge in [-0.1, -0.05) is 0 Å². The average molecular weight is 488 g/mol. The highest BCUT2D eigenvalue weighted by atomic mass is 16.5. The first kappa shape index (κ1) is 22.8. The number of hydrogen-bond acceptors (Lipinski definition) is 6. The van der Waals surface area contributed by atoms with Crippen molar-refractivity contribution in [2.45, 2.75) is 70.1 Å². The number of likely N-dealkylation sites (tertiary alicyclic amines) is 1. The predicted octanol–water partition coefficient (Wildman–Crippen LogP) is 3.98. The number of pyridine rings is 2. The number of carbonyl (C=O) groups is 1. The Morgan fingerprint density at radius 1 is 1.22 bits per heavy atom. The number of rotatable bonds is 5. The van der Waals surface area contributed by atoms with Crippen LogP contribution in [0.4, 0.5) is 10.6 Å². The van der Waals surface area contributed by atoms with E-state index >= 15 is 0 Å². The molecule has 6 rings (SSSR count). The lowest BCUT2D eigenvalue weighted by atomic mass is 9.82. The monoisotopic (exact) mass is 487 g/mol. The van der Waals surface area contributed by atoms with Gasteiger partial charge in [0.15, 0.2) is 11.6 Å². The predicted molar refractivity (Wildman–Crippen MR) is 137 cm³/mol. The maximum Gasteiger partial charge on any atom is 0.317 e. The summed E-state index contributed by atoms with van der Waals surface area (Å²) in [6, 6.07) is 8.47. The zero-order valence-electron chi connectivity index (χ0n) is 20.9. The third-order valence-electron chi connectivity index (χ3n) is 8.03. The number of nitrogens with zero attached hydrogens (tertiary/aromatic N) is 5. The fraction of sp³-hybridized carbons (Fsp3) is 0.481. The summed E-state index contributed by atoms with van der Waals surface area (Å²) in [4.78, 5) is 23.6. The number of nitrogens with one attached hydrogen (secondary N) is 1. The Bertz CT molecular complexity index is 1300. The largest absolute Gasteiger partial charge is 0.481 e. The van der Waals surface area contributed by atoms with Crippen molar-refractivity contribution in [3.8, 4) is 17.0 Å². The summed E-state index contributed by atoms with van der Waals surface area (Å²) in [6.45, 7) is 6.37. The van der Waals surface area contributed by atoms with E-state index in [9.17, 15) is 4.79 Å². The van der Waals surface area contributed by atoms with Crippen LogP contribution >= 0.6 is 0 Å². The molecular weight excluding hydrogens is 454 g/mol. The molecule has 1 saturated heterocycles. The van der Waals surface area contributed by atoms with Gasteiger partial charge in [-0.15, -0.1) is 0 Å². The average Bonchev–Trinajstić information content (AvgIpc) is 3.54. The molecule has 0 unspecified atom stereocenters. The third-order valence-corrected chi connectivity index (χ3v) is 8.03. The molecular formula is C27H33N7O2. The molecule has 3 aromatic heterocycles. The van der Waals surface area contributed by atoms with E-state index in [0.29, 0.717) is 17.6 Å². The van der Waals surface area contributed by atoms with Crippen molar-refractivity contribution < 1.29 is 9.53 Å². The molecule has 0 bridgehead atoms. The van der Waals surface area contributed by atoms with E-state index in [1.165, 1.54) is 12.1 Å². The van der Waals surface area contributed by atoms with Crippen LogP contribution < -0.4 is 15.8 Å². The Hall–Kier alpha value is -3.62. The van der Waals surface area contributed by atoms with Crippen LogP contribution in [0, 0.1) is 6.92 Å². The minimum atomic E-state index is -0.268. The molecule has 188 valence electrons. The molecule has 5 heterocycles. The normalized spacial score (nSPS) is 21.9. The van der Waals surface area contributed by atoms with E-state index in [-0.39, 0.29) is 17.6 Å². The van der Waals surface area contributed by atoms with Gasteiger partial charge in [0.05, 0.1) is 11.4 Å². The molecule has 0 aromatic carbocycles. The smallest absolute Gasteiger partial charge is 0.317 e. The maximum atomic E-state index is 12.8. The minimum absolute atomic E-state index is 0.0336. The fourth-order valence-electron chi connectivity index (χ4n) is 5.60. The number of carbonyl (C=O) groups excluding carboxylic acids is 1. The van der Waals surface area contributed by atoms with E-state index < -0.39 is 0 Å². The summed E-state index contributed by atoms with van der Waals surface area (Å²) in [7, 11) is 0. The lowest BCUT2D eigenvalue weighted by Crippen LogP contribution is -2.47. The van der Waals surface area contributed by atoms with Gasteiger partial charge < -0.3 is 20.7 Å². The van der Waals surface area contributed by atoms with Crippen molar-refractivity contribution in [2.75, 3.05) is 18.8 Å². The van der Waals surface area contributed by atoms with Crippen molar-refractivity contribution in [1.29, 1.82) is 0 Å². The highest BCUT2D eigenvalue weighted by Gasteiger charge is 2.47. The Kier molecular flexibility index (Phi) is 5.58. The molecule has 1 saturated carbocycles. The highest BCUT2D eigenvalue weighted by molar-refractivity contribution is 5.75. The van der Waals surface area contributed by atoms with Crippen molar-refractivity contribution >= 4 is 11.8 Å². The first-order valence-electron chi connectivity index (χ1n) is 12.9. The van der Waals surface area contributed by atoms with Gasteiger partial charge >= 0.3 is 6.03 Å². The number of amides is 2. The Labute approximate surface area is 211 Å². The minimum Gasteiger partial charge on any atom is -0.481 e. The number of aromatic nitrogens is 4. The quantitative estimate of drug-likeness (QED) is 0.563. The van der Waals surface area contributed by atoms with Crippen molar-refractivity contribution in [1.82, 2.24) is 30.0 Å². The molecule has 3 aliphatic rings. The van der Waals surface area contributed by atoms with Gasteiger partial charge in [0.2, 0.25) is 0 Å². The van der Waals surface area contributed by atoms with Crippen LogP contribution in [0.1, 0.15) is 62.1 Å². The van der Waals surface area contributed by atoms with Crippen LogP contribution in [0.2, 0.25) is 0 Å². The first-order chi connectivity index (χ1) is 17.4. The van der Waals surface area contributed by atoms with Crippen LogP contribution in [-0.4, -0.2) is 49.8 Å². The number of nitrogen functional groups attached to an aromatic ring is 1. The van der Waals surface area contributed by atoms with Gasteiger partial charge in [0, 0.05) is 54.7 Å². The van der Waals surface area contributed by atoms with E-state index in [2.05, 4.69) is 26.0 Å². The van der Waals surface area contributed by atoms with Crippen LogP contribution in [0.3, 0.4) is 0 Å². The first-order valence-corrected chi connectivity index (χ1v) is 12.9. The molecule has 1 aliphatic carbocycles. The number of fused-ring (bicyclic) bond motifs is 2. The second kappa shape index (κ2) is 8.80. The summed E-state index contributed by atoms with van der Waals surface area (Å²) in [5.74, 6) is 0.858. The molecule has 2 aliphatic heterocycles. The van der Waals surface area contributed by atoms with Crippen LogP contribution in [0.15, 0.2) is 36.7 Å². The van der Waals surface area contributed by atoms with Gasteiger partial charge in [-0.3, -0.25) is 9.67 Å². The number of ether oxygens (including phenoxy) is 1. The molecule has 2 fully saturated rings. The zero-order chi connectivity index (χ0) is 24.9. The van der Waals surface area contributed by atoms with E-state index in [0.717, 1.165) is 67.8 Å². The van der Waals surface area contributed by atoms with Crippen molar-refractivity contribution in [3.63, 3.8) is 0 Å². The summed E-state index contributed by atoms with van der Waals surface area (Å²) in [5, 5.41) is 8.08. The molecule has 3 aromatic rings. The van der Waals surface area contributed by atoms with Crippen LogP contribution in [-0.2, 0) is 12.0 Å². The van der Waals surface area contributed by atoms with Gasteiger partial charge in [0.25, 0.3) is 0 Å². The Morgan fingerprint density at radius 2 is 2.06 bits per heavy atom. The summed E-state index contributed by atoms with van der Waals surface area (Å²) >= 11 is 0. The van der Waals surface area contributed by atoms with Crippen LogP contribution in [0.25, 0.3) is 11.3 Å². The fourth-order valence-corrected chi connectivity index (χ4v) is 5.60. The SMILES string of the molecule is Cc1ccnc([C@@H](C)Oc2cc(-c3cc4n(n3)CC[C@@]43CCN(C(=O)NC4CCC4)C3)cnc2N)c1. The molecule has 9 heteroatoms. The Balaban J connectivity index is 1.21. The topological polar surface area (TPSA) is 111 Å². The number of hydrogen-bond donors (Lipinski definition) is 2. The number of nitrogens with two attached hydrogens (primary N) is 1. The van der Waals surface area contributed by atoms with Crippen molar-refractivity contribution in [2.24, 2.45) is 0 Å². The highest BCUT2D eigenvalue weighted by Crippen LogP contribution is 2.44. The lowest BCUT2D eigenvalue weighted by molar-refractivity contribution is 0.193. The van der Waals surface area contributed by atoms with Crippen LogP contribution in [0.5, 0.6) is 5.75 Å². The van der Waals surface area contributed by atoms with Gasteiger partial charge in [-0.2, -0.15) is 5.10 Å². The standard InChI is InChI=1S/C27H33N7O2/c1-17-6-9-29-21(12-17)18(2)36-23-13-19(15-30-25(23)28)22-14-24-27(8-11-34(24)32-22)7-10-33(16-27)26(35)31-20-4-3-5-20/h6,9,12-15,18,20H,3-5,7-8,10-11,16H2,1-2H3,(H2,28,30)(H,31,35)/t18-,27-/m1/s1. The van der Waals surface area contributed by atoms with E-state index in [4.69, 9.17) is 15.6 Å². The van der Waals surface area contributed by atoms with E-state index in [1.54, 1.807) is 12.4 Å². The molecule has 36 heavy (non-hydrogen) atoms. The maximum absolute atomic E-state index is 12.8. The Morgan fingerprint density at radius 3 is 2.83 bits per heavy atom. The van der Waals surface area contributed by atoms with Gasteiger partial charge in [-0.05, 0) is 75.8 Å².